The Hall–Kier alpha value is -2.21. The monoisotopic (exact) mass is 301 g/mol. The van der Waals surface area contributed by atoms with Crippen LogP contribution in [0.1, 0.15) is 47.1 Å². The molecule has 0 amide bonds. The fourth-order valence-corrected chi connectivity index (χ4v) is 2.83. The summed E-state index contributed by atoms with van der Waals surface area (Å²) in [4.78, 5) is 11.3. The summed E-state index contributed by atoms with van der Waals surface area (Å²) >= 11 is 0. The summed E-state index contributed by atoms with van der Waals surface area (Å²) < 4.78 is 7.33. The largest absolute Gasteiger partial charge is 0.476 e. The van der Waals surface area contributed by atoms with E-state index >= 15 is 0 Å². The van der Waals surface area contributed by atoms with Crippen molar-refractivity contribution in [2.75, 3.05) is 6.61 Å². The van der Waals surface area contributed by atoms with Gasteiger partial charge in [-0.25, -0.2) is 9.48 Å². The van der Waals surface area contributed by atoms with Crippen molar-refractivity contribution in [3.8, 4) is 0 Å². The molecule has 1 N–H and O–H groups in total. The van der Waals surface area contributed by atoms with Gasteiger partial charge in [-0.05, 0) is 31.2 Å². The van der Waals surface area contributed by atoms with Crippen LogP contribution in [0.25, 0.3) is 0 Å². The molecule has 2 aromatic rings. The Labute approximate surface area is 128 Å². The van der Waals surface area contributed by atoms with E-state index in [9.17, 15) is 9.90 Å². The second-order valence-corrected chi connectivity index (χ2v) is 5.44. The van der Waals surface area contributed by atoms with Crippen LogP contribution >= 0.6 is 0 Å². The van der Waals surface area contributed by atoms with Crippen LogP contribution in [0.5, 0.6) is 0 Å². The lowest BCUT2D eigenvalue weighted by Crippen LogP contribution is -2.13. The van der Waals surface area contributed by atoms with Gasteiger partial charge in [-0.15, -0.1) is 5.10 Å². The lowest BCUT2D eigenvalue weighted by molar-refractivity contribution is 0.0671. The predicted molar refractivity (Wildman–Crippen MR) is 79.7 cm³/mol. The van der Waals surface area contributed by atoms with Crippen molar-refractivity contribution in [1.29, 1.82) is 0 Å². The van der Waals surface area contributed by atoms with Crippen LogP contribution in [0.15, 0.2) is 30.3 Å². The minimum atomic E-state index is -1.04. The van der Waals surface area contributed by atoms with E-state index < -0.39 is 5.97 Å². The number of carboxylic acids is 1. The highest BCUT2D eigenvalue weighted by Crippen LogP contribution is 2.30. The normalized spacial score (nSPS) is 17.7. The van der Waals surface area contributed by atoms with Crippen molar-refractivity contribution in [3.63, 3.8) is 0 Å². The molecule has 116 valence electrons. The van der Waals surface area contributed by atoms with Crippen molar-refractivity contribution in [2.24, 2.45) is 0 Å². The maximum atomic E-state index is 11.3. The van der Waals surface area contributed by atoms with E-state index in [1.54, 1.807) is 4.68 Å². The van der Waals surface area contributed by atoms with Gasteiger partial charge in [-0.2, -0.15) is 0 Å². The number of rotatable bonds is 6. The number of aromatic carboxylic acids is 1. The Morgan fingerprint density at radius 2 is 2.18 bits per heavy atom. The Morgan fingerprint density at radius 1 is 1.36 bits per heavy atom. The molecule has 22 heavy (non-hydrogen) atoms. The summed E-state index contributed by atoms with van der Waals surface area (Å²) in [5, 5.41) is 17.1. The van der Waals surface area contributed by atoms with Crippen LogP contribution in [-0.2, 0) is 17.7 Å². The second-order valence-electron chi connectivity index (χ2n) is 5.44. The highest BCUT2D eigenvalue weighted by molar-refractivity contribution is 5.86. The van der Waals surface area contributed by atoms with Crippen molar-refractivity contribution in [3.05, 3.63) is 47.3 Å². The number of benzene rings is 1. The Kier molecular flexibility index (Phi) is 4.48. The van der Waals surface area contributed by atoms with Crippen LogP contribution in [0.3, 0.4) is 0 Å². The number of nitrogens with zero attached hydrogens (tertiary/aromatic N) is 3. The molecule has 1 aromatic heterocycles. The first-order chi connectivity index (χ1) is 10.8. The van der Waals surface area contributed by atoms with Gasteiger partial charge in [-0.1, -0.05) is 35.5 Å². The van der Waals surface area contributed by atoms with E-state index in [4.69, 9.17) is 4.74 Å². The molecule has 0 spiro atoms. The maximum absolute atomic E-state index is 11.3. The zero-order chi connectivity index (χ0) is 15.4. The number of hydrogen-bond acceptors (Lipinski definition) is 4. The average molecular weight is 301 g/mol. The van der Waals surface area contributed by atoms with Crippen molar-refractivity contribution in [1.82, 2.24) is 15.0 Å². The molecule has 1 atom stereocenters. The van der Waals surface area contributed by atoms with E-state index in [0.717, 1.165) is 25.7 Å². The molecule has 3 rings (SSSR count). The van der Waals surface area contributed by atoms with Crippen molar-refractivity contribution >= 4 is 5.97 Å². The number of hydrogen-bond donors (Lipinski definition) is 1. The van der Waals surface area contributed by atoms with Crippen molar-refractivity contribution in [2.45, 2.75) is 38.3 Å². The van der Waals surface area contributed by atoms with E-state index in [0.29, 0.717) is 18.8 Å². The zero-order valence-electron chi connectivity index (χ0n) is 12.3. The molecule has 0 bridgehead atoms. The number of carboxylic acid groups (broad SMARTS) is 1. The molecule has 6 heteroatoms. The van der Waals surface area contributed by atoms with Crippen LogP contribution in [0.2, 0.25) is 0 Å². The third-order valence-electron chi connectivity index (χ3n) is 3.89. The van der Waals surface area contributed by atoms with Crippen molar-refractivity contribution < 1.29 is 14.6 Å². The number of aryl methyl sites for hydroxylation is 2. The number of aromatic nitrogens is 3. The van der Waals surface area contributed by atoms with Crippen LogP contribution in [0.4, 0.5) is 0 Å². The fraction of sp³-hybridized carbons (Fsp3) is 0.438. The first kappa shape index (κ1) is 14.7. The summed E-state index contributed by atoms with van der Waals surface area (Å²) in [5.41, 5.74) is 1.89. The summed E-state index contributed by atoms with van der Waals surface area (Å²) in [5.74, 6) is -1.04. The lowest BCUT2D eigenvalue weighted by Gasteiger charge is -2.12. The molecule has 1 aromatic carbocycles. The zero-order valence-corrected chi connectivity index (χ0v) is 12.3. The van der Waals surface area contributed by atoms with Gasteiger partial charge in [0, 0.05) is 13.2 Å². The molecule has 1 saturated heterocycles. The van der Waals surface area contributed by atoms with E-state index in [2.05, 4.69) is 22.4 Å². The van der Waals surface area contributed by atoms with Crippen LogP contribution in [0, 0.1) is 0 Å². The van der Waals surface area contributed by atoms with Gasteiger partial charge in [0.25, 0.3) is 0 Å². The minimum Gasteiger partial charge on any atom is -0.476 e. The van der Waals surface area contributed by atoms with Gasteiger partial charge in [0.05, 0.1) is 0 Å². The smallest absolute Gasteiger partial charge is 0.358 e. The van der Waals surface area contributed by atoms with Gasteiger partial charge >= 0.3 is 5.97 Å². The third kappa shape index (κ3) is 3.17. The van der Waals surface area contributed by atoms with Gasteiger partial charge in [0.2, 0.25) is 0 Å². The van der Waals surface area contributed by atoms with Gasteiger partial charge in [0.15, 0.2) is 5.69 Å². The molecular weight excluding hydrogens is 282 g/mol. The van der Waals surface area contributed by atoms with Gasteiger partial charge in [-0.3, -0.25) is 0 Å². The minimum absolute atomic E-state index is 0.0200. The second kappa shape index (κ2) is 6.70. The summed E-state index contributed by atoms with van der Waals surface area (Å²) in [7, 11) is 0. The number of ether oxygens (including phenoxy) is 1. The first-order valence-electron chi connectivity index (χ1n) is 7.58. The Bertz CT molecular complexity index is 633. The third-order valence-corrected chi connectivity index (χ3v) is 3.89. The lowest BCUT2D eigenvalue weighted by atomic mass is 10.1. The summed E-state index contributed by atoms with van der Waals surface area (Å²) in [6.07, 6.45) is 3.38. The molecule has 1 unspecified atom stereocenters. The Morgan fingerprint density at radius 3 is 2.86 bits per heavy atom. The summed E-state index contributed by atoms with van der Waals surface area (Å²) in [6, 6.07) is 10.2. The molecule has 2 heterocycles. The highest BCUT2D eigenvalue weighted by Gasteiger charge is 2.29. The topological polar surface area (TPSA) is 77.2 Å². The maximum Gasteiger partial charge on any atom is 0.358 e. The highest BCUT2D eigenvalue weighted by atomic mass is 16.5. The molecule has 1 aliphatic rings. The Balaban J connectivity index is 1.71. The average Bonchev–Trinajstić information content (AvgIpc) is 3.17. The van der Waals surface area contributed by atoms with E-state index in [1.165, 1.54) is 5.56 Å². The quantitative estimate of drug-likeness (QED) is 0.887. The number of carbonyl (C=O) groups is 1. The summed E-state index contributed by atoms with van der Waals surface area (Å²) in [6.45, 7) is 1.31. The molecule has 0 saturated carbocycles. The van der Waals surface area contributed by atoms with E-state index in [-0.39, 0.29) is 11.8 Å². The molecular formula is C16H19N3O3. The van der Waals surface area contributed by atoms with Gasteiger partial charge in [0.1, 0.15) is 11.8 Å². The van der Waals surface area contributed by atoms with Crippen LogP contribution < -0.4 is 0 Å². The molecule has 1 aliphatic heterocycles. The molecule has 0 aliphatic carbocycles. The van der Waals surface area contributed by atoms with Crippen LogP contribution in [-0.4, -0.2) is 32.7 Å². The molecule has 0 radical (unpaired) electrons. The standard InChI is InChI=1S/C16H19N3O3/c20-16(21)14-15(13-9-5-11-22-13)19(18-17-14)10-4-8-12-6-2-1-3-7-12/h1-3,6-7,13H,4-5,8-11H2,(H,20,21). The molecule has 6 nitrogen and oxygen atoms in total. The first-order valence-corrected chi connectivity index (χ1v) is 7.58. The fourth-order valence-electron chi connectivity index (χ4n) is 2.83. The molecule has 1 fully saturated rings. The van der Waals surface area contributed by atoms with E-state index in [1.807, 2.05) is 18.2 Å². The van der Waals surface area contributed by atoms with Gasteiger partial charge < -0.3 is 9.84 Å². The SMILES string of the molecule is O=C(O)c1nnn(CCCc2ccccc2)c1C1CCCO1. The predicted octanol–water partition coefficient (Wildman–Crippen LogP) is 2.46.